The van der Waals surface area contributed by atoms with Crippen molar-refractivity contribution >= 4 is 26.7 Å². The Labute approximate surface area is 174 Å². The van der Waals surface area contributed by atoms with E-state index in [4.69, 9.17) is 4.74 Å². The quantitative estimate of drug-likeness (QED) is 0.469. The van der Waals surface area contributed by atoms with Gasteiger partial charge in [-0.2, -0.15) is 0 Å². The fourth-order valence-electron chi connectivity index (χ4n) is 2.80. The van der Waals surface area contributed by atoms with Crippen LogP contribution in [0.25, 0.3) is 16.7 Å². The molecular formula is C19H15F2N5O4S. The van der Waals surface area contributed by atoms with Gasteiger partial charge in [0.1, 0.15) is 17.0 Å². The lowest BCUT2D eigenvalue weighted by Crippen LogP contribution is -2.15. The van der Waals surface area contributed by atoms with Gasteiger partial charge in [0, 0.05) is 12.3 Å². The number of pyridine rings is 1. The van der Waals surface area contributed by atoms with Gasteiger partial charge in [-0.3, -0.25) is 9.52 Å². The summed E-state index contributed by atoms with van der Waals surface area (Å²) in [5.41, 5.74) is 0.244. The van der Waals surface area contributed by atoms with Crippen molar-refractivity contribution in [2.75, 3.05) is 10.5 Å². The number of hydrogen-bond donors (Lipinski definition) is 2. The first-order valence-corrected chi connectivity index (χ1v) is 10.6. The second-order valence-corrected chi connectivity index (χ2v) is 8.42. The summed E-state index contributed by atoms with van der Waals surface area (Å²) in [5, 5.41) is 7.80. The summed E-state index contributed by atoms with van der Waals surface area (Å²) in [5.74, 6) is -2.04. The molecule has 0 bridgehead atoms. The molecule has 31 heavy (non-hydrogen) atoms. The van der Waals surface area contributed by atoms with Crippen molar-refractivity contribution in [1.29, 1.82) is 0 Å². The molecule has 2 aromatic carbocycles. The highest BCUT2D eigenvalue weighted by molar-refractivity contribution is 7.92. The molecule has 0 radical (unpaired) electrons. The Kier molecular flexibility index (Phi) is 5.15. The Balaban J connectivity index is 1.88. The highest BCUT2D eigenvalue weighted by Gasteiger charge is 2.18. The molecule has 0 aliphatic rings. The number of ether oxygens (including phenoxy) is 1. The van der Waals surface area contributed by atoms with Crippen LogP contribution < -0.4 is 15.0 Å². The third-order valence-corrected chi connectivity index (χ3v) is 5.64. The van der Waals surface area contributed by atoms with Gasteiger partial charge in [0.15, 0.2) is 22.8 Å². The van der Waals surface area contributed by atoms with E-state index in [0.717, 1.165) is 12.1 Å². The standard InChI is InChI=1S/C19H15F2N5O4S/c1-2-31(28,29)24-12-4-6-17(30-16-5-3-11(20)9-13(16)21)15(10-12)26-14-7-8-22-19(27)18(14)23-25-26/h3-10,24H,2H2,1H3,(H,22,27). The van der Waals surface area contributed by atoms with Gasteiger partial charge < -0.3 is 9.72 Å². The molecule has 2 aromatic heterocycles. The van der Waals surface area contributed by atoms with Gasteiger partial charge in [-0.1, -0.05) is 5.21 Å². The maximum absolute atomic E-state index is 14.1. The molecule has 0 aliphatic carbocycles. The molecule has 0 unspecified atom stereocenters. The summed E-state index contributed by atoms with van der Waals surface area (Å²) >= 11 is 0. The minimum Gasteiger partial charge on any atom is -0.452 e. The highest BCUT2D eigenvalue weighted by atomic mass is 32.2. The number of rotatable bonds is 6. The zero-order valence-electron chi connectivity index (χ0n) is 16.0. The minimum absolute atomic E-state index is 0.0426. The third-order valence-electron chi connectivity index (χ3n) is 4.33. The Bertz CT molecular complexity index is 1450. The fourth-order valence-corrected chi connectivity index (χ4v) is 3.43. The first-order valence-electron chi connectivity index (χ1n) is 8.98. The van der Waals surface area contributed by atoms with Crippen LogP contribution in [0.15, 0.2) is 53.5 Å². The molecule has 0 spiro atoms. The average molecular weight is 447 g/mol. The normalized spacial score (nSPS) is 11.6. The van der Waals surface area contributed by atoms with E-state index in [-0.39, 0.29) is 34.1 Å². The van der Waals surface area contributed by atoms with Gasteiger partial charge in [-0.15, -0.1) is 5.10 Å². The zero-order valence-corrected chi connectivity index (χ0v) is 16.8. The van der Waals surface area contributed by atoms with Crippen LogP contribution in [0.1, 0.15) is 6.92 Å². The van der Waals surface area contributed by atoms with Crippen LogP contribution in [0.3, 0.4) is 0 Å². The number of nitrogens with zero attached hydrogens (tertiary/aromatic N) is 3. The summed E-state index contributed by atoms with van der Waals surface area (Å²) in [6.45, 7) is 1.48. The van der Waals surface area contributed by atoms with Crippen LogP contribution >= 0.6 is 0 Å². The maximum atomic E-state index is 14.1. The lowest BCUT2D eigenvalue weighted by atomic mass is 10.2. The van der Waals surface area contributed by atoms with Crippen molar-refractivity contribution < 1.29 is 21.9 Å². The van der Waals surface area contributed by atoms with Gasteiger partial charge in [-0.25, -0.2) is 21.9 Å². The van der Waals surface area contributed by atoms with Crippen LogP contribution in [0.2, 0.25) is 0 Å². The van der Waals surface area contributed by atoms with Crippen molar-refractivity contribution in [2.45, 2.75) is 6.92 Å². The minimum atomic E-state index is -3.58. The molecule has 0 fully saturated rings. The Morgan fingerprint density at radius 3 is 2.65 bits per heavy atom. The summed E-state index contributed by atoms with van der Waals surface area (Å²) in [7, 11) is -3.58. The highest BCUT2D eigenvalue weighted by Crippen LogP contribution is 2.33. The molecule has 160 valence electrons. The Morgan fingerprint density at radius 2 is 1.90 bits per heavy atom. The average Bonchev–Trinajstić information content (AvgIpc) is 3.16. The number of anilines is 1. The number of H-pyrrole nitrogens is 1. The number of fused-ring (bicyclic) bond motifs is 1. The molecule has 4 aromatic rings. The smallest absolute Gasteiger partial charge is 0.278 e. The van der Waals surface area contributed by atoms with Crippen molar-refractivity contribution in [2.24, 2.45) is 0 Å². The lowest BCUT2D eigenvalue weighted by molar-refractivity contribution is 0.435. The van der Waals surface area contributed by atoms with Gasteiger partial charge in [0.05, 0.1) is 11.4 Å². The molecular weight excluding hydrogens is 432 g/mol. The zero-order chi connectivity index (χ0) is 22.2. The number of sulfonamides is 1. The van der Waals surface area contributed by atoms with Gasteiger partial charge in [-0.05, 0) is 43.3 Å². The maximum Gasteiger partial charge on any atom is 0.278 e. The van der Waals surface area contributed by atoms with Crippen molar-refractivity contribution in [3.8, 4) is 17.2 Å². The van der Waals surface area contributed by atoms with E-state index in [1.807, 2.05) is 0 Å². The third kappa shape index (κ3) is 4.10. The van der Waals surface area contributed by atoms with E-state index in [2.05, 4.69) is 20.0 Å². The first kappa shape index (κ1) is 20.5. The number of hydrogen-bond acceptors (Lipinski definition) is 6. The second kappa shape index (κ2) is 7.80. The number of aromatic nitrogens is 4. The van der Waals surface area contributed by atoms with Crippen LogP contribution in [-0.2, 0) is 10.0 Å². The van der Waals surface area contributed by atoms with Gasteiger partial charge >= 0.3 is 0 Å². The van der Waals surface area contributed by atoms with Crippen LogP contribution in [0.5, 0.6) is 11.5 Å². The molecule has 0 saturated heterocycles. The molecule has 0 atom stereocenters. The van der Waals surface area contributed by atoms with E-state index in [9.17, 15) is 22.0 Å². The molecule has 0 saturated carbocycles. The lowest BCUT2D eigenvalue weighted by Gasteiger charge is -2.14. The summed E-state index contributed by atoms with van der Waals surface area (Å²) < 4.78 is 60.6. The predicted molar refractivity (Wildman–Crippen MR) is 109 cm³/mol. The van der Waals surface area contributed by atoms with Crippen LogP contribution in [-0.4, -0.2) is 34.1 Å². The number of nitrogens with one attached hydrogen (secondary N) is 2. The molecule has 2 N–H and O–H groups in total. The van der Waals surface area contributed by atoms with E-state index in [0.29, 0.717) is 11.6 Å². The SMILES string of the molecule is CCS(=O)(=O)Nc1ccc(Oc2ccc(F)cc2F)c(-n2nnc3c(=O)[nH]ccc32)c1. The molecule has 2 heterocycles. The molecule has 12 heteroatoms. The predicted octanol–water partition coefficient (Wildman–Crippen LogP) is 2.94. The largest absolute Gasteiger partial charge is 0.452 e. The fraction of sp³-hybridized carbons (Fsp3) is 0.105. The van der Waals surface area contributed by atoms with E-state index < -0.39 is 27.2 Å². The number of aromatic amines is 1. The van der Waals surface area contributed by atoms with Gasteiger partial charge in [0.2, 0.25) is 10.0 Å². The van der Waals surface area contributed by atoms with Gasteiger partial charge in [0.25, 0.3) is 5.56 Å². The van der Waals surface area contributed by atoms with E-state index in [1.165, 1.54) is 36.0 Å². The molecule has 4 rings (SSSR count). The monoisotopic (exact) mass is 447 g/mol. The van der Waals surface area contributed by atoms with E-state index >= 15 is 0 Å². The number of benzene rings is 2. The van der Waals surface area contributed by atoms with E-state index in [1.54, 1.807) is 6.07 Å². The second-order valence-electron chi connectivity index (χ2n) is 6.41. The van der Waals surface area contributed by atoms with Crippen molar-refractivity contribution in [1.82, 2.24) is 20.0 Å². The van der Waals surface area contributed by atoms with Crippen LogP contribution in [0.4, 0.5) is 14.5 Å². The molecule has 9 nitrogen and oxygen atoms in total. The Morgan fingerprint density at radius 1 is 1.13 bits per heavy atom. The molecule has 0 aliphatic heterocycles. The topological polar surface area (TPSA) is 119 Å². The first-order chi connectivity index (χ1) is 14.8. The van der Waals surface area contributed by atoms with Crippen molar-refractivity contribution in [3.63, 3.8) is 0 Å². The number of halogens is 2. The van der Waals surface area contributed by atoms with Crippen molar-refractivity contribution in [3.05, 3.63) is 70.6 Å². The summed E-state index contributed by atoms with van der Waals surface area (Å²) in [6, 6.07) is 8.58. The molecule has 0 amide bonds. The summed E-state index contributed by atoms with van der Waals surface area (Å²) in [6.07, 6.45) is 1.40. The Hall–Kier alpha value is -3.80. The van der Waals surface area contributed by atoms with Crippen LogP contribution in [0, 0.1) is 11.6 Å². The summed E-state index contributed by atoms with van der Waals surface area (Å²) in [4.78, 5) is 14.5.